The number of carboxylic acids is 2. The van der Waals surface area contributed by atoms with Gasteiger partial charge in [-0.3, -0.25) is 4.79 Å². The van der Waals surface area contributed by atoms with E-state index in [9.17, 15) is 14.7 Å². The van der Waals surface area contributed by atoms with Crippen molar-refractivity contribution in [2.75, 3.05) is 0 Å². The number of hydrogen-bond acceptors (Lipinski definition) is 3. The third-order valence-corrected chi connectivity index (χ3v) is 2.31. The number of aliphatic hydroxyl groups is 1. The molecular weight excluding hydrogens is 212 g/mol. The average molecular weight is 224 g/mol. The molecule has 0 fully saturated rings. The quantitative estimate of drug-likeness (QED) is 0.688. The lowest BCUT2D eigenvalue weighted by Gasteiger charge is -2.22. The van der Waals surface area contributed by atoms with Crippen LogP contribution in [0.2, 0.25) is 0 Å². The zero-order chi connectivity index (χ0) is 12.2. The summed E-state index contributed by atoms with van der Waals surface area (Å²) in [5, 5.41) is 27.4. The minimum Gasteiger partial charge on any atom is -0.481 e. The van der Waals surface area contributed by atoms with Crippen LogP contribution in [0.1, 0.15) is 18.4 Å². The number of aliphatic carboxylic acids is 2. The molecule has 0 aliphatic carbocycles. The predicted molar refractivity (Wildman–Crippen MR) is 54.8 cm³/mol. The summed E-state index contributed by atoms with van der Waals surface area (Å²) >= 11 is 0. The molecule has 0 bridgehead atoms. The number of carboxylic acid groups (broad SMARTS) is 2. The van der Waals surface area contributed by atoms with Gasteiger partial charge in [-0.25, -0.2) is 4.79 Å². The van der Waals surface area contributed by atoms with Crippen molar-refractivity contribution >= 4 is 11.9 Å². The van der Waals surface area contributed by atoms with Crippen molar-refractivity contribution in [3.05, 3.63) is 35.9 Å². The van der Waals surface area contributed by atoms with Crippen LogP contribution in [0.3, 0.4) is 0 Å². The van der Waals surface area contributed by atoms with Gasteiger partial charge in [0.15, 0.2) is 5.60 Å². The fourth-order valence-electron chi connectivity index (χ4n) is 1.38. The standard InChI is InChI=1S/C11H12O5/c12-9(13)6-7-11(16,10(14)15)8-4-2-1-3-5-8/h1-5,16H,6-7H2,(H,12,13)(H,14,15). The van der Waals surface area contributed by atoms with Crippen molar-refractivity contribution in [2.45, 2.75) is 18.4 Å². The molecule has 16 heavy (non-hydrogen) atoms. The molecule has 0 aliphatic heterocycles. The Morgan fingerprint density at radius 1 is 1.12 bits per heavy atom. The smallest absolute Gasteiger partial charge is 0.340 e. The van der Waals surface area contributed by atoms with E-state index >= 15 is 0 Å². The molecule has 0 saturated carbocycles. The van der Waals surface area contributed by atoms with Crippen molar-refractivity contribution in [3.63, 3.8) is 0 Å². The van der Waals surface area contributed by atoms with Crippen LogP contribution in [0.5, 0.6) is 0 Å². The Morgan fingerprint density at radius 2 is 1.69 bits per heavy atom. The minimum absolute atomic E-state index is 0.184. The Balaban J connectivity index is 2.98. The fraction of sp³-hybridized carbons (Fsp3) is 0.273. The topological polar surface area (TPSA) is 94.8 Å². The van der Waals surface area contributed by atoms with Gasteiger partial charge in [0, 0.05) is 12.8 Å². The maximum absolute atomic E-state index is 11.0. The monoisotopic (exact) mass is 224 g/mol. The van der Waals surface area contributed by atoms with E-state index < -0.39 is 24.0 Å². The first kappa shape index (κ1) is 12.2. The Bertz CT molecular complexity index is 387. The summed E-state index contributed by atoms with van der Waals surface area (Å²) in [6.07, 6.45) is -0.765. The van der Waals surface area contributed by atoms with Crippen molar-refractivity contribution < 1.29 is 24.9 Å². The second-order valence-corrected chi connectivity index (χ2v) is 3.43. The summed E-state index contributed by atoms with van der Waals surface area (Å²) in [7, 11) is 0. The normalized spacial score (nSPS) is 14.1. The highest BCUT2D eigenvalue weighted by molar-refractivity contribution is 5.80. The zero-order valence-corrected chi connectivity index (χ0v) is 8.46. The van der Waals surface area contributed by atoms with Gasteiger partial charge in [0.25, 0.3) is 0 Å². The largest absolute Gasteiger partial charge is 0.481 e. The van der Waals surface area contributed by atoms with Crippen LogP contribution in [0, 0.1) is 0 Å². The first-order chi connectivity index (χ1) is 7.47. The minimum atomic E-state index is -2.14. The lowest BCUT2D eigenvalue weighted by atomic mass is 9.89. The van der Waals surface area contributed by atoms with Crippen molar-refractivity contribution in [3.8, 4) is 0 Å². The van der Waals surface area contributed by atoms with Gasteiger partial charge < -0.3 is 15.3 Å². The van der Waals surface area contributed by atoms with Crippen LogP contribution >= 0.6 is 0 Å². The molecule has 0 amide bonds. The first-order valence-corrected chi connectivity index (χ1v) is 4.70. The van der Waals surface area contributed by atoms with Gasteiger partial charge in [-0.05, 0) is 5.56 Å². The SMILES string of the molecule is O=C(O)CCC(O)(C(=O)O)c1ccccc1. The van der Waals surface area contributed by atoms with Crippen LogP contribution < -0.4 is 0 Å². The van der Waals surface area contributed by atoms with Crippen LogP contribution in [0.25, 0.3) is 0 Å². The molecule has 0 aliphatic rings. The maximum Gasteiger partial charge on any atom is 0.340 e. The summed E-state index contributed by atoms with van der Waals surface area (Å²) in [5.41, 5.74) is -1.96. The van der Waals surface area contributed by atoms with Gasteiger partial charge >= 0.3 is 11.9 Å². The van der Waals surface area contributed by atoms with Gasteiger partial charge in [-0.1, -0.05) is 30.3 Å². The molecule has 3 N–H and O–H groups in total. The lowest BCUT2D eigenvalue weighted by molar-refractivity contribution is -0.161. The van der Waals surface area contributed by atoms with Crippen molar-refractivity contribution in [1.29, 1.82) is 0 Å². The first-order valence-electron chi connectivity index (χ1n) is 4.70. The maximum atomic E-state index is 11.0. The molecule has 0 aromatic heterocycles. The van der Waals surface area contributed by atoms with E-state index in [0.717, 1.165) is 0 Å². The highest BCUT2D eigenvalue weighted by atomic mass is 16.4. The van der Waals surface area contributed by atoms with Crippen molar-refractivity contribution in [2.24, 2.45) is 0 Å². The molecule has 1 rings (SSSR count). The van der Waals surface area contributed by atoms with Gasteiger partial charge in [0.1, 0.15) is 0 Å². The molecule has 1 unspecified atom stereocenters. The molecule has 5 heteroatoms. The average Bonchev–Trinajstić information content (AvgIpc) is 2.26. The highest BCUT2D eigenvalue weighted by Crippen LogP contribution is 2.26. The lowest BCUT2D eigenvalue weighted by Crippen LogP contribution is -2.36. The summed E-state index contributed by atoms with van der Waals surface area (Å²) in [6.45, 7) is 0. The highest BCUT2D eigenvalue weighted by Gasteiger charge is 2.38. The van der Waals surface area contributed by atoms with Crippen LogP contribution in [-0.4, -0.2) is 27.3 Å². The van der Waals surface area contributed by atoms with Crippen molar-refractivity contribution in [1.82, 2.24) is 0 Å². The molecule has 0 heterocycles. The number of rotatable bonds is 5. The molecule has 0 radical (unpaired) electrons. The number of carbonyl (C=O) groups is 2. The zero-order valence-electron chi connectivity index (χ0n) is 8.46. The van der Waals surface area contributed by atoms with Gasteiger partial charge in [-0.2, -0.15) is 0 Å². The number of benzene rings is 1. The van der Waals surface area contributed by atoms with Crippen LogP contribution in [0.4, 0.5) is 0 Å². The third-order valence-electron chi connectivity index (χ3n) is 2.31. The van der Waals surface area contributed by atoms with E-state index in [1.54, 1.807) is 18.2 Å². The van der Waals surface area contributed by atoms with Crippen LogP contribution in [0.15, 0.2) is 30.3 Å². The van der Waals surface area contributed by atoms with E-state index in [2.05, 4.69) is 0 Å². The van der Waals surface area contributed by atoms with Gasteiger partial charge in [-0.15, -0.1) is 0 Å². The Labute approximate surface area is 92.0 Å². The molecule has 1 aromatic carbocycles. The van der Waals surface area contributed by atoms with Gasteiger partial charge in [0.2, 0.25) is 0 Å². The van der Waals surface area contributed by atoms with Crippen LogP contribution in [-0.2, 0) is 15.2 Å². The van der Waals surface area contributed by atoms with E-state index in [1.807, 2.05) is 0 Å². The summed E-state index contributed by atoms with van der Waals surface area (Å²) < 4.78 is 0. The molecule has 0 spiro atoms. The van der Waals surface area contributed by atoms with E-state index in [0.29, 0.717) is 0 Å². The van der Waals surface area contributed by atoms with E-state index in [-0.39, 0.29) is 12.0 Å². The molecule has 1 atom stereocenters. The fourth-order valence-corrected chi connectivity index (χ4v) is 1.38. The molecule has 1 aromatic rings. The Morgan fingerprint density at radius 3 is 2.12 bits per heavy atom. The molecule has 5 nitrogen and oxygen atoms in total. The Kier molecular flexibility index (Phi) is 3.63. The van der Waals surface area contributed by atoms with E-state index in [1.165, 1.54) is 12.1 Å². The summed E-state index contributed by atoms with van der Waals surface area (Å²) in [4.78, 5) is 21.4. The molecular formula is C11H12O5. The summed E-state index contributed by atoms with van der Waals surface area (Å²) in [5.74, 6) is -2.59. The molecule has 86 valence electrons. The third kappa shape index (κ3) is 2.58. The molecule has 0 saturated heterocycles. The van der Waals surface area contributed by atoms with Gasteiger partial charge in [0.05, 0.1) is 0 Å². The number of hydrogen-bond donors (Lipinski definition) is 3. The second kappa shape index (κ2) is 4.76. The summed E-state index contributed by atoms with van der Waals surface area (Å²) in [6, 6.07) is 7.77. The second-order valence-electron chi connectivity index (χ2n) is 3.43. The predicted octanol–water partition coefficient (Wildman–Crippen LogP) is 0.824. The Hall–Kier alpha value is -1.88. The van der Waals surface area contributed by atoms with E-state index in [4.69, 9.17) is 10.2 Å².